The molecule has 0 saturated carbocycles. The Labute approximate surface area is 125 Å². The number of likely N-dealkylation sites (tertiary alicyclic amines) is 1. The maximum absolute atomic E-state index is 13.4. The molecular formula is C17H24F2N2. The number of piperidine rings is 1. The van der Waals surface area contributed by atoms with Crippen LogP contribution in [0.2, 0.25) is 0 Å². The topological polar surface area (TPSA) is 15.3 Å². The fraction of sp³-hybridized carbons (Fsp3) is 0.647. The molecule has 2 aliphatic rings. The van der Waals surface area contributed by atoms with Gasteiger partial charge in [0, 0.05) is 19.5 Å². The summed E-state index contributed by atoms with van der Waals surface area (Å²) in [4.78, 5) is 1.90. The predicted octanol–water partition coefficient (Wildman–Crippen LogP) is 3.30. The van der Waals surface area contributed by atoms with E-state index in [1.807, 2.05) is 4.90 Å². The van der Waals surface area contributed by atoms with Crippen LogP contribution in [-0.2, 0) is 6.54 Å². The van der Waals surface area contributed by atoms with Gasteiger partial charge in [-0.05, 0) is 49.9 Å². The van der Waals surface area contributed by atoms with E-state index in [0.29, 0.717) is 19.0 Å². The summed E-state index contributed by atoms with van der Waals surface area (Å²) in [5.74, 6) is -1.93. The van der Waals surface area contributed by atoms with E-state index in [2.05, 4.69) is 30.4 Å². The molecule has 1 N–H and O–H groups in total. The van der Waals surface area contributed by atoms with E-state index >= 15 is 0 Å². The molecule has 0 aliphatic carbocycles. The lowest BCUT2D eigenvalue weighted by Crippen LogP contribution is -2.28. The first kappa shape index (κ1) is 14.9. The molecule has 1 aromatic rings. The molecular weight excluding hydrogens is 270 g/mol. The van der Waals surface area contributed by atoms with Crippen LogP contribution in [-0.4, -0.2) is 37.0 Å². The average molecular weight is 294 g/mol. The van der Waals surface area contributed by atoms with Crippen molar-refractivity contribution >= 4 is 0 Å². The third-order valence-corrected chi connectivity index (χ3v) is 4.72. The number of halogens is 2. The van der Waals surface area contributed by atoms with Crippen molar-refractivity contribution in [3.8, 4) is 0 Å². The van der Waals surface area contributed by atoms with Crippen LogP contribution >= 0.6 is 0 Å². The predicted molar refractivity (Wildman–Crippen MR) is 80.9 cm³/mol. The van der Waals surface area contributed by atoms with Crippen molar-refractivity contribution in [1.82, 2.24) is 10.2 Å². The van der Waals surface area contributed by atoms with Crippen LogP contribution in [0.4, 0.5) is 8.78 Å². The van der Waals surface area contributed by atoms with Crippen LogP contribution in [0, 0.1) is 6.92 Å². The maximum Gasteiger partial charge on any atom is 0.261 e. The first-order valence-corrected chi connectivity index (χ1v) is 7.94. The molecule has 1 aromatic carbocycles. The zero-order valence-electron chi connectivity index (χ0n) is 12.7. The summed E-state index contributed by atoms with van der Waals surface area (Å²) in [6.07, 6.45) is 2.29. The highest BCUT2D eigenvalue weighted by molar-refractivity contribution is 5.35. The molecule has 2 heterocycles. The standard InChI is InChI=1S/C17H24F2N2/c1-13-2-3-15(11-21-9-6-17(18,19)12-21)16(10-13)14-4-7-20-8-5-14/h2-3,10,14,20H,4-9,11-12H2,1H3. The van der Waals surface area contributed by atoms with Crippen molar-refractivity contribution in [1.29, 1.82) is 0 Å². The van der Waals surface area contributed by atoms with Crippen molar-refractivity contribution in [3.05, 3.63) is 34.9 Å². The van der Waals surface area contributed by atoms with E-state index < -0.39 is 5.92 Å². The number of benzene rings is 1. The Morgan fingerprint density at radius 3 is 2.71 bits per heavy atom. The molecule has 2 nitrogen and oxygen atoms in total. The lowest BCUT2D eigenvalue weighted by molar-refractivity contribution is 0.0115. The van der Waals surface area contributed by atoms with Gasteiger partial charge < -0.3 is 5.32 Å². The number of aryl methyl sites for hydroxylation is 1. The van der Waals surface area contributed by atoms with Gasteiger partial charge in [0.05, 0.1) is 6.54 Å². The molecule has 21 heavy (non-hydrogen) atoms. The Morgan fingerprint density at radius 2 is 2.05 bits per heavy atom. The Balaban J connectivity index is 1.78. The summed E-state index contributed by atoms with van der Waals surface area (Å²) in [5.41, 5.74) is 3.89. The largest absolute Gasteiger partial charge is 0.317 e. The van der Waals surface area contributed by atoms with E-state index in [4.69, 9.17) is 0 Å². The zero-order valence-corrected chi connectivity index (χ0v) is 12.7. The number of hydrogen-bond donors (Lipinski definition) is 1. The van der Waals surface area contributed by atoms with Crippen LogP contribution in [0.15, 0.2) is 18.2 Å². The van der Waals surface area contributed by atoms with Crippen LogP contribution in [0.1, 0.15) is 41.9 Å². The molecule has 0 radical (unpaired) electrons. The highest BCUT2D eigenvalue weighted by Crippen LogP contribution is 2.32. The number of nitrogens with zero attached hydrogens (tertiary/aromatic N) is 1. The average Bonchev–Trinajstić information content (AvgIpc) is 2.81. The quantitative estimate of drug-likeness (QED) is 0.920. The Morgan fingerprint density at radius 1 is 1.29 bits per heavy atom. The van der Waals surface area contributed by atoms with Gasteiger partial charge in [0.25, 0.3) is 5.92 Å². The van der Waals surface area contributed by atoms with Gasteiger partial charge in [0.15, 0.2) is 0 Å². The molecule has 2 saturated heterocycles. The van der Waals surface area contributed by atoms with Gasteiger partial charge in [-0.2, -0.15) is 0 Å². The molecule has 116 valence electrons. The monoisotopic (exact) mass is 294 g/mol. The number of hydrogen-bond acceptors (Lipinski definition) is 2. The highest BCUT2D eigenvalue weighted by Gasteiger charge is 2.38. The summed E-state index contributed by atoms with van der Waals surface area (Å²) in [6, 6.07) is 6.51. The highest BCUT2D eigenvalue weighted by atomic mass is 19.3. The lowest BCUT2D eigenvalue weighted by Gasteiger charge is -2.27. The summed E-state index contributed by atoms with van der Waals surface area (Å²) < 4.78 is 26.7. The van der Waals surface area contributed by atoms with Gasteiger partial charge in [-0.3, -0.25) is 4.90 Å². The second kappa shape index (κ2) is 6.01. The van der Waals surface area contributed by atoms with Crippen LogP contribution in [0.25, 0.3) is 0 Å². The number of nitrogens with one attached hydrogen (secondary N) is 1. The summed E-state index contributed by atoms with van der Waals surface area (Å²) in [7, 11) is 0. The molecule has 0 atom stereocenters. The molecule has 0 amide bonds. The Hall–Kier alpha value is -1.00. The number of rotatable bonds is 3. The van der Waals surface area contributed by atoms with Crippen LogP contribution in [0.5, 0.6) is 0 Å². The summed E-state index contributed by atoms with van der Waals surface area (Å²) >= 11 is 0. The molecule has 2 aliphatic heterocycles. The molecule has 4 heteroatoms. The molecule has 0 spiro atoms. The fourth-order valence-electron chi connectivity index (χ4n) is 3.55. The third-order valence-electron chi connectivity index (χ3n) is 4.72. The van der Waals surface area contributed by atoms with Crippen molar-refractivity contribution in [3.63, 3.8) is 0 Å². The van der Waals surface area contributed by atoms with E-state index in [0.717, 1.165) is 25.9 Å². The number of alkyl halides is 2. The van der Waals surface area contributed by atoms with Gasteiger partial charge >= 0.3 is 0 Å². The van der Waals surface area contributed by atoms with Gasteiger partial charge in [-0.25, -0.2) is 8.78 Å². The first-order valence-electron chi connectivity index (χ1n) is 7.94. The fourth-order valence-corrected chi connectivity index (χ4v) is 3.55. The lowest BCUT2D eigenvalue weighted by atomic mass is 9.86. The van der Waals surface area contributed by atoms with Gasteiger partial charge in [0.2, 0.25) is 0 Å². The minimum absolute atomic E-state index is 0.00153. The van der Waals surface area contributed by atoms with E-state index in [1.54, 1.807) is 0 Å². The summed E-state index contributed by atoms with van der Waals surface area (Å²) in [5, 5.41) is 3.39. The van der Waals surface area contributed by atoms with E-state index in [1.165, 1.54) is 16.7 Å². The van der Waals surface area contributed by atoms with Crippen molar-refractivity contribution < 1.29 is 8.78 Å². The second-order valence-electron chi connectivity index (χ2n) is 6.54. The minimum Gasteiger partial charge on any atom is -0.317 e. The first-order chi connectivity index (χ1) is 10.0. The zero-order chi connectivity index (χ0) is 14.9. The third kappa shape index (κ3) is 3.61. The second-order valence-corrected chi connectivity index (χ2v) is 6.54. The molecule has 0 bridgehead atoms. The Bertz CT molecular complexity index is 496. The van der Waals surface area contributed by atoms with Gasteiger partial charge in [-0.15, -0.1) is 0 Å². The van der Waals surface area contributed by atoms with Crippen molar-refractivity contribution in [2.75, 3.05) is 26.2 Å². The van der Waals surface area contributed by atoms with Crippen LogP contribution < -0.4 is 5.32 Å². The molecule has 3 rings (SSSR count). The van der Waals surface area contributed by atoms with Crippen molar-refractivity contribution in [2.24, 2.45) is 0 Å². The minimum atomic E-state index is -2.50. The van der Waals surface area contributed by atoms with Gasteiger partial charge in [0.1, 0.15) is 0 Å². The Kier molecular flexibility index (Phi) is 4.27. The molecule has 0 unspecified atom stereocenters. The summed E-state index contributed by atoms with van der Waals surface area (Å²) in [6.45, 7) is 5.30. The van der Waals surface area contributed by atoms with Crippen LogP contribution in [0.3, 0.4) is 0 Å². The van der Waals surface area contributed by atoms with E-state index in [9.17, 15) is 8.78 Å². The molecule has 2 fully saturated rings. The van der Waals surface area contributed by atoms with E-state index in [-0.39, 0.29) is 13.0 Å². The maximum atomic E-state index is 13.4. The SMILES string of the molecule is Cc1ccc(CN2CCC(F)(F)C2)c(C2CCNCC2)c1. The molecule has 0 aromatic heterocycles. The van der Waals surface area contributed by atoms with Gasteiger partial charge in [-0.1, -0.05) is 23.8 Å². The smallest absolute Gasteiger partial charge is 0.261 e. The normalized spacial score (nSPS) is 23.6. The van der Waals surface area contributed by atoms with Crippen molar-refractivity contribution in [2.45, 2.75) is 44.6 Å².